The Morgan fingerprint density at radius 2 is 1.94 bits per heavy atom. The fourth-order valence-electron chi connectivity index (χ4n) is 2.50. The Bertz CT molecular complexity index is 389. The summed E-state index contributed by atoms with van der Waals surface area (Å²) >= 11 is 1.43. The zero-order chi connectivity index (χ0) is 12.7. The summed E-state index contributed by atoms with van der Waals surface area (Å²) in [7, 11) is 0. The van der Waals surface area contributed by atoms with E-state index in [1.165, 1.54) is 11.3 Å². The lowest BCUT2D eigenvalue weighted by molar-refractivity contribution is -0.192. The van der Waals surface area contributed by atoms with Crippen LogP contribution in [0.2, 0.25) is 0 Å². The van der Waals surface area contributed by atoms with Crippen LogP contribution in [0.15, 0.2) is 11.4 Å². The number of alkyl halides is 3. The van der Waals surface area contributed by atoms with Crippen LogP contribution in [0.4, 0.5) is 13.2 Å². The fourth-order valence-corrected chi connectivity index (χ4v) is 3.58. The minimum Gasteiger partial charge on any atom is -0.384 e. The lowest BCUT2D eigenvalue weighted by Crippen LogP contribution is -2.36. The van der Waals surface area contributed by atoms with E-state index in [9.17, 15) is 18.3 Å². The van der Waals surface area contributed by atoms with E-state index in [2.05, 4.69) is 0 Å². The number of thiophene rings is 1. The standard InChI is InChI=1S/C12H15F3OS/c1-8-4-7-17-10(8)11(16)5-2-9(3-6-11)12(13,14)15/h4,7,9,16H,2-3,5-6H2,1H3. The van der Waals surface area contributed by atoms with Gasteiger partial charge in [-0.2, -0.15) is 13.2 Å². The summed E-state index contributed by atoms with van der Waals surface area (Å²) in [6.45, 7) is 1.89. The third-order valence-corrected chi connectivity index (χ3v) is 4.77. The normalized spacial score (nSPS) is 30.5. The summed E-state index contributed by atoms with van der Waals surface area (Å²) in [5.74, 6) is -1.25. The van der Waals surface area contributed by atoms with Gasteiger partial charge in [-0.3, -0.25) is 0 Å². The van der Waals surface area contributed by atoms with Crippen LogP contribution in [0.5, 0.6) is 0 Å². The van der Waals surface area contributed by atoms with Gasteiger partial charge in [-0.15, -0.1) is 11.3 Å². The first-order chi connectivity index (χ1) is 7.83. The average Bonchev–Trinajstić information content (AvgIpc) is 2.64. The third kappa shape index (κ3) is 2.50. The topological polar surface area (TPSA) is 20.2 Å². The van der Waals surface area contributed by atoms with Gasteiger partial charge in [0.25, 0.3) is 0 Å². The molecule has 1 aromatic rings. The summed E-state index contributed by atoms with van der Waals surface area (Å²) in [5, 5.41) is 12.3. The predicted octanol–water partition coefficient (Wildman–Crippen LogP) is 4.00. The van der Waals surface area contributed by atoms with Gasteiger partial charge in [0, 0.05) is 4.88 Å². The van der Waals surface area contributed by atoms with Crippen LogP contribution in [0.25, 0.3) is 0 Å². The predicted molar refractivity (Wildman–Crippen MR) is 61.0 cm³/mol. The molecule has 0 atom stereocenters. The lowest BCUT2D eigenvalue weighted by atomic mass is 9.77. The highest BCUT2D eigenvalue weighted by Gasteiger charge is 2.46. The molecule has 0 aromatic carbocycles. The average molecular weight is 264 g/mol. The van der Waals surface area contributed by atoms with Crippen molar-refractivity contribution in [1.29, 1.82) is 0 Å². The maximum atomic E-state index is 12.5. The Kier molecular flexibility index (Phi) is 3.25. The Labute approximate surface area is 102 Å². The van der Waals surface area contributed by atoms with Gasteiger partial charge in [0.05, 0.1) is 11.5 Å². The smallest absolute Gasteiger partial charge is 0.384 e. The minimum atomic E-state index is -4.12. The highest BCUT2D eigenvalue weighted by Crippen LogP contribution is 2.46. The Balaban J connectivity index is 2.11. The molecule has 0 aliphatic heterocycles. The molecule has 1 aliphatic rings. The molecule has 0 radical (unpaired) electrons. The molecule has 1 fully saturated rings. The molecular formula is C12H15F3OS. The molecule has 1 N–H and O–H groups in total. The molecule has 1 aromatic heterocycles. The second-order valence-corrected chi connectivity index (χ2v) is 5.70. The van der Waals surface area contributed by atoms with Crippen molar-refractivity contribution in [2.45, 2.75) is 44.4 Å². The summed E-state index contributed by atoms with van der Waals surface area (Å²) in [5.41, 5.74) is -0.0667. The number of halogens is 3. The first-order valence-corrected chi connectivity index (χ1v) is 6.54. The largest absolute Gasteiger partial charge is 0.391 e. The molecular weight excluding hydrogens is 249 g/mol. The van der Waals surface area contributed by atoms with Crippen molar-refractivity contribution in [1.82, 2.24) is 0 Å². The van der Waals surface area contributed by atoms with Crippen molar-refractivity contribution in [3.05, 3.63) is 21.9 Å². The van der Waals surface area contributed by atoms with E-state index in [4.69, 9.17) is 0 Å². The van der Waals surface area contributed by atoms with E-state index >= 15 is 0 Å². The zero-order valence-electron chi connectivity index (χ0n) is 9.55. The number of aliphatic hydroxyl groups is 1. The van der Waals surface area contributed by atoms with Gasteiger partial charge in [-0.1, -0.05) is 0 Å². The summed E-state index contributed by atoms with van der Waals surface area (Å²) < 4.78 is 37.6. The van der Waals surface area contributed by atoms with Crippen molar-refractivity contribution >= 4 is 11.3 Å². The van der Waals surface area contributed by atoms with Gasteiger partial charge >= 0.3 is 6.18 Å². The quantitative estimate of drug-likeness (QED) is 0.813. The molecule has 0 saturated heterocycles. The Morgan fingerprint density at radius 3 is 2.35 bits per heavy atom. The van der Waals surface area contributed by atoms with Crippen molar-refractivity contribution < 1.29 is 18.3 Å². The van der Waals surface area contributed by atoms with Gasteiger partial charge in [0.15, 0.2) is 0 Å². The number of aryl methyl sites for hydroxylation is 1. The second kappa shape index (κ2) is 4.28. The number of rotatable bonds is 1. The Morgan fingerprint density at radius 1 is 1.35 bits per heavy atom. The molecule has 2 rings (SSSR count). The zero-order valence-corrected chi connectivity index (χ0v) is 10.4. The summed E-state index contributed by atoms with van der Waals surface area (Å²) in [6.07, 6.45) is -3.66. The fraction of sp³-hybridized carbons (Fsp3) is 0.667. The van der Waals surface area contributed by atoms with Crippen LogP contribution < -0.4 is 0 Å². The van der Waals surface area contributed by atoms with E-state index in [1.807, 2.05) is 18.4 Å². The third-order valence-electron chi connectivity index (χ3n) is 3.56. The van der Waals surface area contributed by atoms with Gasteiger partial charge < -0.3 is 5.11 Å². The van der Waals surface area contributed by atoms with Crippen LogP contribution in [0.3, 0.4) is 0 Å². The van der Waals surface area contributed by atoms with Crippen LogP contribution >= 0.6 is 11.3 Å². The van der Waals surface area contributed by atoms with E-state index in [-0.39, 0.29) is 25.7 Å². The van der Waals surface area contributed by atoms with Gasteiger partial charge in [0.2, 0.25) is 0 Å². The van der Waals surface area contributed by atoms with Crippen molar-refractivity contribution in [3.8, 4) is 0 Å². The first kappa shape index (κ1) is 12.9. The first-order valence-electron chi connectivity index (χ1n) is 5.66. The highest BCUT2D eigenvalue weighted by atomic mass is 32.1. The van der Waals surface area contributed by atoms with Crippen molar-refractivity contribution in [2.24, 2.45) is 5.92 Å². The molecule has 0 amide bonds. The number of hydrogen-bond acceptors (Lipinski definition) is 2. The lowest BCUT2D eigenvalue weighted by Gasteiger charge is -2.36. The number of hydrogen-bond donors (Lipinski definition) is 1. The molecule has 1 saturated carbocycles. The molecule has 0 spiro atoms. The van der Waals surface area contributed by atoms with E-state index in [1.54, 1.807) is 0 Å². The van der Waals surface area contributed by atoms with Crippen molar-refractivity contribution in [2.75, 3.05) is 0 Å². The van der Waals surface area contributed by atoms with Gasteiger partial charge in [0.1, 0.15) is 0 Å². The van der Waals surface area contributed by atoms with Crippen LogP contribution in [-0.2, 0) is 5.60 Å². The molecule has 1 aliphatic carbocycles. The van der Waals surface area contributed by atoms with E-state index in [0.29, 0.717) is 0 Å². The van der Waals surface area contributed by atoms with Gasteiger partial charge in [-0.25, -0.2) is 0 Å². The van der Waals surface area contributed by atoms with Crippen LogP contribution in [0.1, 0.15) is 36.1 Å². The van der Waals surface area contributed by atoms with E-state index < -0.39 is 17.7 Å². The Hall–Kier alpha value is -0.550. The van der Waals surface area contributed by atoms with Crippen molar-refractivity contribution in [3.63, 3.8) is 0 Å². The maximum absolute atomic E-state index is 12.5. The molecule has 0 unspecified atom stereocenters. The molecule has 96 valence electrons. The van der Waals surface area contributed by atoms with Crippen LogP contribution in [-0.4, -0.2) is 11.3 Å². The molecule has 17 heavy (non-hydrogen) atoms. The summed E-state index contributed by atoms with van der Waals surface area (Å²) in [6, 6.07) is 1.90. The van der Waals surface area contributed by atoms with Crippen LogP contribution in [0, 0.1) is 12.8 Å². The van der Waals surface area contributed by atoms with E-state index in [0.717, 1.165) is 10.4 Å². The monoisotopic (exact) mass is 264 g/mol. The second-order valence-electron chi connectivity index (χ2n) is 4.78. The highest BCUT2D eigenvalue weighted by molar-refractivity contribution is 7.10. The molecule has 1 heterocycles. The summed E-state index contributed by atoms with van der Waals surface area (Å²) in [4.78, 5) is 0.832. The molecule has 0 bridgehead atoms. The SMILES string of the molecule is Cc1ccsc1C1(O)CCC(C(F)(F)F)CC1. The molecule has 1 nitrogen and oxygen atoms in total. The molecule has 5 heteroatoms. The maximum Gasteiger partial charge on any atom is 0.391 e. The van der Waals surface area contributed by atoms with Gasteiger partial charge in [-0.05, 0) is 49.6 Å². The minimum absolute atomic E-state index is 0.0251.